The molecule has 0 aliphatic rings. The molecule has 1 aromatic heterocycles. The van der Waals surface area contributed by atoms with Gasteiger partial charge in [0.15, 0.2) is 0 Å². The maximum Gasteiger partial charge on any atom is 0.255 e. The van der Waals surface area contributed by atoms with Crippen LogP contribution < -0.4 is 10.9 Å². The smallest absolute Gasteiger partial charge is 0.255 e. The number of anilines is 1. The van der Waals surface area contributed by atoms with Crippen LogP contribution in [-0.4, -0.2) is 15.1 Å². The number of hydrogen-bond acceptors (Lipinski definition) is 3. The van der Waals surface area contributed by atoms with Crippen LogP contribution in [0.5, 0.6) is 0 Å². The third kappa shape index (κ3) is 3.08. The molecule has 0 bridgehead atoms. The summed E-state index contributed by atoms with van der Waals surface area (Å²) in [6.07, 6.45) is 1.54. The van der Waals surface area contributed by atoms with Gasteiger partial charge in [-0.05, 0) is 41.5 Å². The number of hydrogen-bond donors (Lipinski definition) is 1. The predicted molar refractivity (Wildman–Crippen MR) is 66.9 cm³/mol. The van der Waals surface area contributed by atoms with Gasteiger partial charge < -0.3 is 5.32 Å². The fourth-order valence-electron chi connectivity index (χ4n) is 1.48. The van der Waals surface area contributed by atoms with Crippen molar-refractivity contribution in [1.29, 1.82) is 0 Å². The third-order valence-corrected chi connectivity index (χ3v) is 2.00. The van der Waals surface area contributed by atoms with E-state index in [-0.39, 0.29) is 16.6 Å². The van der Waals surface area contributed by atoms with E-state index in [4.69, 9.17) is 0 Å². The summed E-state index contributed by atoms with van der Waals surface area (Å²) in [4.78, 5) is 16.1. The van der Waals surface area contributed by atoms with Crippen molar-refractivity contribution in [3.8, 4) is 0 Å². The van der Waals surface area contributed by atoms with Crippen molar-refractivity contribution in [3.05, 3.63) is 22.6 Å². The normalized spacial score (nSPS) is 12.6. The van der Waals surface area contributed by atoms with Crippen molar-refractivity contribution in [3.63, 3.8) is 0 Å². The minimum Gasteiger partial charge on any atom is -0.351 e. The van der Waals surface area contributed by atoms with E-state index in [0.717, 1.165) is 0 Å². The first-order chi connectivity index (χ1) is 7.11. The van der Waals surface area contributed by atoms with E-state index in [1.165, 1.54) is 6.07 Å². The molecule has 0 amide bonds. The van der Waals surface area contributed by atoms with E-state index in [1.54, 1.807) is 10.8 Å². The monoisotopic (exact) mass is 223 g/mol. The standard InChI is InChI=1S/C12H21N3O/c1-11(2,3)14-10-13-8-7-9(16)15(10)12(4,5)6/h7-8H,1-6H3,(H,13,14). The van der Waals surface area contributed by atoms with Crippen LogP contribution in [0.3, 0.4) is 0 Å². The number of rotatable bonds is 1. The third-order valence-electron chi connectivity index (χ3n) is 2.00. The zero-order valence-electron chi connectivity index (χ0n) is 11.0. The number of nitrogens with one attached hydrogen (secondary N) is 1. The maximum absolute atomic E-state index is 11.9. The van der Waals surface area contributed by atoms with Gasteiger partial charge >= 0.3 is 0 Å². The first kappa shape index (κ1) is 12.7. The van der Waals surface area contributed by atoms with Crippen molar-refractivity contribution in [1.82, 2.24) is 9.55 Å². The number of nitrogens with zero attached hydrogens (tertiary/aromatic N) is 2. The lowest BCUT2D eigenvalue weighted by Crippen LogP contribution is -2.39. The lowest BCUT2D eigenvalue weighted by molar-refractivity contribution is 0.381. The highest BCUT2D eigenvalue weighted by Gasteiger charge is 2.21. The van der Waals surface area contributed by atoms with Crippen LogP contribution >= 0.6 is 0 Å². The molecule has 0 aromatic carbocycles. The SMILES string of the molecule is CC(C)(C)Nc1nccc(=O)n1C(C)(C)C. The molecule has 0 saturated carbocycles. The van der Waals surface area contributed by atoms with E-state index >= 15 is 0 Å². The van der Waals surface area contributed by atoms with E-state index in [2.05, 4.69) is 10.3 Å². The Morgan fingerprint density at radius 1 is 1.19 bits per heavy atom. The van der Waals surface area contributed by atoms with Crippen LogP contribution in [0.1, 0.15) is 41.5 Å². The van der Waals surface area contributed by atoms with Gasteiger partial charge in [0.25, 0.3) is 5.56 Å². The topological polar surface area (TPSA) is 46.9 Å². The summed E-state index contributed by atoms with van der Waals surface area (Å²) in [6.45, 7) is 12.1. The summed E-state index contributed by atoms with van der Waals surface area (Å²) < 4.78 is 1.68. The molecule has 1 heterocycles. The lowest BCUT2D eigenvalue weighted by atomic mass is 10.1. The van der Waals surface area contributed by atoms with Crippen LogP contribution in [-0.2, 0) is 5.54 Å². The van der Waals surface area contributed by atoms with Crippen LogP contribution in [0, 0.1) is 0 Å². The van der Waals surface area contributed by atoms with E-state index in [1.807, 2.05) is 41.5 Å². The minimum absolute atomic E-state index is 0.0331. The highest BCUT2D eigenvalue weighted by Crippen LogP contribution is 2.18. The Kier molecular flexibility index (Phi) is 3.13. The average Bonchev–Trinajstić information content (AvgIpc) is 1.97. The van der Waals surface area contributed by atoms with Gasteiger partial charge in [-0.1, -0.05) is 0 Å². The van der Waals surface area contributed by atoms with Gasteiger partial charge in [0.1, 0.15) is 0 Å². The van der Waals surface area contributed by atoms with Gasteiger partial charge in [0.2, 0.25) is 5.95 Å². The quantitative estimate of drug-likeness (QED) is 0.794. The maximum atomic E-state index is 11.9. The summed E-state index contributed by atoms with van der Waals surface area (Å²) in [5.74, 6) is 0.618. The molecule has 0 aliphatic carbocycles. The lowest BCUT2D eigenvalue weighted by Gasteiger charge is -2.29. The summed E-state index contributed by atoms with van der Waals surface area (Å²) in [5, 5.41) is 3.25. The first-order valence-electron chi connectivity index (χ1n) is 5.48. The molecule has 16 heavy (non-hydrogen) atoms. The molecule has 0 atom stereocenters. The van der Waals surface area contributed by atoms with Gasteiger partial charge in [-0.3, -0.25) is 9.36 Å². The second-order valence-corrected chi connectivity index (χ2v) is 5.99. The van der Waals surface area contributed by atoms with Crippen LogP contribution in [0.4, 0.5) is 5.95 Å². The second-order valence-electron chi connectivity index (χ2n) is 5.99. The van der Waals surface area contributed by atoms with Crippen molar-refractivity contribution < 1.29 is 0 Å². The van der Waals surface area contributed by atoms with E-state index in [9.17, 15) is 4.79 Å². The van der Waals surface area contributed by atoms with Crippen molar-refractivity contribution in [2.45, 2.75) is 52.6 Å². The highest BCUT2D eigenvalue weighted by atomic mass is 16.1. The molecular formula is C12H21N3O. The molecular weight excluding hydrogens is 202 g/mol. The molecule has 0 saturated heterocycles. The molecule has 0 aliphatic heterocycles. The van der Waals surface area contributed by atoms with Crippen molar-refractivity contribution in [2.75, 3.05) is 5.32 Å². The van der Waals surface area contributed by atoms with E-state index in [0.29, 0.717) is 5.95 Å². The summed E-state index contributed by atoms with van der Waals surface area (Å²) in [6, 6.07) is 1.49. The fraction of sp³-hybridized carbons (Fsp3) is 0.667. The van der Waals surface area contributed by atoms with Crippen LogP contribution in [0.2, 0.25) is 0 Å². The molecule has 0 unspecified atom stereocenters. The van der Waals surface area contributed by atoms with E-state index < -0.39 is 0 Å². The Hall–Kier alpha value is -1.32. The van der Waals surface area contributed by atoms with Crippen molar-refractivity contribution in [2.24, 2.45) is 0 Å². The van der Waals surface area contributed by atoms with Gasteiger partial charge in [0, 0.05) is 23.3 Å². The molecule has 1 N–H and O–H groups in total. The van der Waals surface area contributed by atoms with Crippen molar-refractivity contribution >= 4 is 5.95 Å². The molecule has 0 spiro atoms. The summed E-state index contributed by atoms with van der Waals surface area (Å²) in [5.41, 5.74) is -0.429. The molecule has 1 rings (SSSR count). The Balaban J connectivity index is 3.30. The summed E-state index contributed by atoms with van der Waals surface area (Å²) in [7, 11) is 0. The van der Waals surface area contributed by atoms with Crippen LogP contribution in [0.25, 0.3) is 0 Å². The van der Waals surface area contributed by atoms with Crippen LogP contribution in [0.15, 0.2) is 17.1 Å². The zero-order valence-corrected chi connectivity index (χ0v) is 11.0. The molecule has 0 radical (unpaired) electrons. The van der Waals surface area contributed by atoms with Gasteiger partial charge in [-0.15, -0.1) is 0 Å². The molecule has 4 heteroatoms. The molecule has 4 nitrogen and oxygen atoms in total. The Bertz CT molecular complexity index is 421. The Labute approximate surface area is 96.7 Å². The molecule has 1 aromatic rings. The summed E-state index contributed by atoms with van der Waals surface area (Å²) >= 11 is 0. The number of aromatic nitrogens is 2. The minimum atomic E-state index is -0.279. The fourth-order valence-corrected chi connectivity index (χ4v) is 1.48. The molecule has 90 valence electrons. The average molecular weight is 223 g/mol. The molecule has 0 fully saturated rings. The van der Waals surface area contributed by atoms with Gasteiger partial charge in [0.05, 0.1) is 0 Å². The van der Waals surface area contributed by atoms with Gasteiger partial charge in [-0.2, -0.15) is 0 Å². The predicted octanol–water partition coefficient (Wildman–Crippen LogP) is 2.21. The largest absolute Gasteiger partial charge is 0.351 e. The first-order valence-corrected chi connectivity index (χ1v) is 5.48. The highest BCUT2D eigenvalue weighted by molar-refractivity contribution is 5.30. The zero-order chi connectivity index (χ0) is 12.6. The second kappa shape index (κ2) is 3.92. The Morgan fingerprint density at radius 3 is 2.19 bits per heavy atom. The Morgan fingerprint density at radius 2 is 1.75 bits per heavy atom. The van der Waals surface area contributed by atoms with Gasteiger partial charge in [-0.25, -0.2) is 4.98 Å².